The van der Waals surface area contributed by atoms with Gasteiger partial charge in [0.15, 0.2) is 0 Å². The summed E-state index contributed by atoms with van der Waals surface area (Å²) in [6.07, 6.45) is 1.72. The number of halogens is 2. The highest BCUT2D eigenvalue weighted by molar-refractivity contribution is 14.1. The second kappa shape index (κ2) is 7.97. The number of hydrogen-bond acceptors (Lipinski definition) is 3. The summed E-state index contributed by atoms with van der Waals surface area (Å²) in [5, 5.41) is 0.542. The maximum Gasteiger partial charge on any atom is 0.266 e. The van der Waals surface area contributed by atoms with E-state index in [2.05, 4.69) is 38.5 Å². The van der Waals surface area contributed by atoms with Gasteiger partial charge in [-0.1, -0.05) is 34.1 Å². The lowest BCUT2D eigenvalue weighted by molar-refractivity contribution is -0.112. The highest BCUT2D eigenvalue weighted by Crippen LogP contribution is 2.38. The first kappa shape index (κ1) is 21.1. The lowest BCUT2D eigenvalue weighted by Crippen LogP contribution is -2.24. The van der Waals surface area contributed by atoms with E-state index < -0.39 is 0 Å². The average molecular weight is 598 g/mol. The number of nitrogens with zero attached hydrogens (tertiary/aromatic N) is 3. The monoisotopic (exact) mass is 597 g/mol. The van der Waals surface area contributed by atoms with Crippen LogP contribution < -0.4 is 10.5 Å². The Morgan fingerprint density at radius 3 is 2.56 bits per heavy atom. The van der Waals surface area contributed by atoms with Crippen molar-refractivity contribution in [2.45, 2.75) is 6.92 Å². The molecule has 0 spiro atoms. The van der Waals surface area contributed by atoms with Crippen LogP contribution in [0.15, 0.2) is 69.9 Å². The molecule has 0 fully saturated rings. The lowest BCUT2D eigenvalue weighted by Gasteiger charge is -2.14. The number of aryl methyl sites for hydroxylation is 1. The van der Waals surface area contributed by atoms with Gasteiger partial charge in [-0.15, -0.1) is 0 Å². The number of rotatable bonds is 2. The predicted octanol–water partition coefficient (Wildman–Crippen LogP) is 5.58. The number of anilines is 1. The van der Waals surface area contributed by atoms with Crippen LogP contribution in [0.1, 0.15) is 17.0 Å². The molecule has 158 valence electrons. The number of benzene rings is 3. The SMILES string of the molecule is Cc1ccccc1-n1c(/C=C2\C(=O)N(C)c3ccc(Br)cc32)nc2ccc(I)cc2c1=O. The third-order valence-electron chi connectivity index (χ3n) is 5.63. The molecule has 32 heavy (non-hydrogen) atoms. The number of carbonyl (C=O) groups excluding carboxylic acids is 1. The van der Waals surface area contributed by atoms with Crippen LogP contribution >= 0.6 is 38.5 Å². The van der Waals surface area contributed by atoms with Gasteiger partial charge in [0, 0.05) is 20.7 Å². The summed E-state index contributed by atoms with van der Waals surface area (Å²) >= 11 is 5.69. The Kier molecular flexibility index (Phi) is 5.25. The number of para-hydroxylation sites is 1. The predicted molar refractivity (Wildman–Crippen MR) is 140 cm³/mol. The summed E-state index contributed by atoms with van der Waals surface area (Å²) in [6.45, 7) is 1.96. The van der Waals surface area contributed by atoms with Crippen LogP contribution in [0.2, 0.25) is 0 Å². The summed E-state index contributed by atoms with van der Waals surface area (Å²) in [7, 11) is 1.75. The van der Waals surface area contributed by atoms with Crippen molar-refractivity contribution in [1.82, 2.24) is 9.55 Å². The fourth-order valence-corrected chi connectivity index (χ4v) is 4.86. The molecule has 0 saturated carbocycles. The Bertz CT molecular complexity index is 1520. The molecule has 0 unspecified atom stereocenters. The summed E-state index contributed by atoms with van der Waals surface area (Å²) in [5.41, 5.74) is 4.25. The molecule has 4 aromatic rings. The molecule has 0 atom stereocenters. The van der Waals surface area contributed by atoms with Crippen LogP contribution in [0.4, 0.5) is 5.69 Å². The lowest BCUT2D eigenvalue weighted by atomic mass is 10.1. The Balaban J connectivity index is 1.86. The van der Waals surface area contributed by atoms with Gasteiger partial charge in [-0.05, 0) is 83.6 Å². The molecule has 1 aliphatic rings. The minimum atomic E-state index is -0.164. The smallest absolute Gasteiger partial charge is 0.266 e. The largest absolute Gasteiger partial charge is 0.311 e. The number of amides is 1. The van der Waals surface area contributed by atoms with Gasteiger partial charge in [0.1, 0.15) is 5.82 Å². The molecule has 1 aromatic heterocycles. The quantitative estimate of drug-likeness (QED) is 0.224. The van der Waals surface area contributed by atoms with Gasteiger partial charge in [0.25, 0.3) is 11.5 Å². The Morgan fingerprint density at radius 2 is 1.78 bits per heavy atom. The summed E-state index contributed by atoms with van der Waals surface area (Å²) in [4.78, 5) is 33.2. The van der Waals surface area contributed by atoms with Crippen molar-refractivity contribution in [2.75, 3.05) is 11.9 Å². The normalized spacial score (nSPS) is 14.4. The van der Waals surface area contributed by atoms with Gasteiger partial charge < -0.3 is 4.90 Å². The maximum absolute atomic E-state index is 13.7. The van der Waals surface area contributed by atoms with Gasteiger partial charge in [-0.25, -0.2) is 4.98 Å². The van der Waals surface area contributed by atoms with Gasteiger partial charge >= 0.3 is 0 Å². The first-order chi connectivity index (χ1) is 15.3. The van der Waals surface area contributed by atoms with E-state index in [-0.39, 0.29) is 11.5 Å². The number of aromatic nitrogens is 2. The van der Waals surface area contributed by atoms with E-state index in [1.54, 1.807) is 22.6 Å². The van der Waals surface area contributed by atoms with E-state index in [0.29, 0.717) is 22.3 Å². The number of likely N-dealkylation sites (N-methyl/N-ethyl adjacent to an activating group) is 1. The van der Waals surface area contributed by atoms with Crippen LogP contribution in [0, 0.1) is 10.5 Å². The Hall–Kier alpha value is -2.78. The zero-order valence-electron chi connectivity index (χ0n) is 17.3. The van der Waals surface area contributed by atoms with Crippen molar-refractivity contribution in [3.8, 4) is 5.69 Å². The van der Waals surface area contributed by atoms with Crippen molar-refractivity contribution in [2.24, 2.45) is 0 Å². The molecule has 5 rings (SSSR count). The molecule has 7 heteroatoms. The van der Waals surface area contributed by atoms with Crippen LogP contribution in [-0.2, 0) is 4.79 Å². The molecule has 0 bridgehead atoms. The third kappa shape index (κ3) is 3.40. The summed E-state index contributed by atoms with van der Waals surface area (Å²) in [6, 6.07) is 19.0. The molecular formula is C25H17BrIN3O2. The van der Waals surface area contributed by atoms with Crippen LogP contribution in [0.5, 0.6) is 0 Å². The highest BCUT2D eigenvalue weighted by atomic mass is 127. The standard InChI is InChI=1S/C25H17BrIN3O2/c1-14-5-3-4-6-21(14)30-23(28-20-9-8-16(27)12-19(20)25(30)32)13-18-17-11-15(26)7-10-22(17)29(2)24(18)31/h3-13H,1-2H3/b18-13-. The second-order valence-corrected chi connectivity index (χ2v) is 9.80. The van der Waals surface area contributed by atoms with Crippen LogP contribution in [0.25, 0.3) is 28.2 Å². The minimum absolute atomic E-state index is 0.133. The summed E-state index contributed by atoms with van der Waals surface area (Å²) in [5.74, 6) is 0.286. The fourth-order valence-electron chi connectivity index (χ4n) is 4.01. The molecular weight excluding hydrogens is 581 g/mol. The van der Waals surface area contributed by atoms with Crippen molar-refractivity contribution in [3.05, 3.63) is 96.0 Å². The van der Waals surface area contributed by atoms with Crippen molar-refractivity contribution < 1.29 is 4.79 Å². The van der Waals surface area contributed by atoms with Crippen molar-refractivity contribution in [3.63, 3.8) is 0 Å². The molecule has 1 amide bonds. The molecule has 2 heterocycles. The van der Waals surface area contributed by atoms with Crippen LogP contribution in [-0.4, -0.2) is 22.5 Å². The number of hydrogen-bond donors (Lipinski definition) is 0. The van der Waals surface area contributed by atoms with E-state index in [9.17, 15) is 9.59 Å². The van der Waals surface area contributed by atoms with Crippen molar-refractivity contribution in [1.29, 1.82) is 0 Å². The van der Waals surface area contributed by atoms with E-state index in [1.807, 2.05) is 67.6 Å². The highest BCUT2D eigenvalue weighted by Gasteiger charge is 2.30. The minimum Gasteiger partial charge on any atom is -0.311 e. The van der Waals surface area contributed by atoms with E-state index in [0.717, 1.165) is 30.5 Å². The zero-order chi connectivity index (χ0) is 22.6. The molecule has 0 N–H and O–H groups in total. The van der Waals surface area contributed by atoms with Gasteiger partial charge in [-0.3, -0.25) is 14.2 Å². The first-order valence-corrected chi connectivity index (χ1v) is 11.8. The molecule has 0 saturated heterocycles. The first-order valence-electron chi connectivity index (χ1n) is 9.93. The van der Waals surface area contributed by atoms with E-state index in [4.69, 9.17) is 4.98 Å². The van der Waals surface area contributed by atoms with Gasteiger partial charge in [0.2, 0.25) is 0 Å². The summed E-state index contributed by atoms with van der Waals surface area (Å²) < 4.78 is 3.44. The zero-order valence-corrected chi connectivity index (χ0v) is 21.0. The molecule has 5 nitrogen and oxygen atoms in total. The number of carbonyl (C=O) groups is 1. The van der Waals surface area contributed by atoms with Gasteiger partial charge in [0.05, 0.1) is 27.9 Å². The van der Waals surface area contributed by atoms with Crippen LogP contribution in [0.3, 0.4) is 0 Å². The molecule has 0 aliphatic carbocycles. The van der Waals surface area contributed by atoms with Crippen molar-refractivity contribution >= 4 is 72.7 Å². The maximum atomic E-state index is 13.7. The molecule has 3 aromatic carbocycles. The Labute approximate surface area is 206 Å². The fraction of sp³-hybridized carbons (Fsp3) is 0.0800. The third-order valence-corrected chi connectivity index (χ3v) is 6.80. The second-order valence-electron chi connectivity index (χ2n) is 7.64. The molecule has 0 radical (unpaired) electrons. The molecule has 1 aliphatic heterocycles. The average Bonchev–Trinajstić information content (AvgIpc) is 2.99. The van der Waals surface area contributed by atoms with Gasteiger partial charge in [-0.2, -0.15) is 0 Å². The topological polar surface area (TPSA) is 55.2 Å². The van der Waals surface area contributed by atoms with E-state index >= 15 is 0 Å². The Morgan fingerprint density at radius 1 is 1.00 bits per heavy atom. The number of fused-ring (bicyclic) bond motifs is 2. The van der Waals surface area contributed by atoms with E-state index in [1.165, 1.54) is 0 Å².